The molecule has 0 radical (unpaired) electrons. The molecule has 0 bridgehead atoms. The number of fused-ring (bicyclic) bond motifs is 1. The Morgan fingerprint density at radius 3 is 1.67 bits per heavy atom. The molecule has 1 heterocycles. The van der Waals surface area contributed by atoms with Gasteiger partial charge in [-0.2, -0.15) is 0 Å². The van der Waals surface area contributed by atoms with Gasteiger partial charge in [0.25, 0.3) is 0 Å². The van der Waals surface area contributed by atoms with E-state index in [0.29, 0.717) is 0 Å². The van der Waals surface area contributed by atoms with Crippen molar-refractivity contribution in [3.05, 3.63) is 42.1 Å². The first-order valence-electron chi connectivity index (χ1n) is 13.3. The van der Waals surface area contributed by atoms with Gasteiger partial charge in [0.15, 0.2) is 0 Å². The fourth-order valence-corrected chi connectivity index (χ4v) is 13.6. The second-order valence-electron chi connectivity index (χ2n) is 10.2. The average Bonchev–Trinajstić information content (AvgIpc) is 2.87. The fraction of sp³-hybridized carbons (Fsp3) is 0.643. The molecule has 5 heteroatoms. The van der Waals surface area contributed by atoms with Gasteiger partial charge in [0.05, 0.1) is 17.0 Å². The van der Waals surface area contributed by atoms with Crippen molar-refractivity contribution in [3.8, 4) is 0 Å². The SMILES string of the molecule is C1CCC([PH+](C2CCCCC2)C2CCCCC2)CC1.[Cl][Ru]([Cl])=[CH]c1cccc2cccnc12. The summed E-state index contributed by atoms with van der Waals surface area (Å²) in [5.41, 5.74) is 5.68. The van der Waals surface area contributed by atoms with E-state index in [1.165, 1.54) is 17.0 Å². The van der Waals surface area contributed by atoms with Crippen LogP contribution >= 0.6 is 27.3 Å². The first kappa shape index (κ1) is 26.2. The Kier molecular flexibility index (Phi) is 11.1. The number of aromatic nitrogens is 1. The van der Waals surface area contributed by atoms with Gasteiger partial charge in [0.2, 0.25) is 0 Å². The summed E-state index contributed by atoms with van der Waals surface area (Å²) >= 11 is -1.76. The third-order valence-corrected chi connectivity index (χ3v) is 14.5. The van der Waals surface area contributed by atoms with Crippen LogP contribution in [0.1, 0.15) is 102 Å². The van der Waals surface area contributed by atoms with Crippen LogP contribution in [0.4, 0.5) is 0 Å². The number of nitrogens with zero attached hydrogens (tertiary/aromatic N) is 1. The summed E-state index contributed by atoms with van der Waals surface area (Å²) in [6, 6.07) is 9.95. The van der Waals surface area contributed by atoms with Gasteiger partial charge in [0.1, 0.15) is 0 Å². The quantitative estimate of drug-likeness (QED) is 0.254. The van der Waals surface area contributed by atoms with E-state index in [0.717, 1.165) is 16.5 Å². The van der Waals surface area contributed by atoms with Gasteiger partial charge in [-0.15, -0.1) is 0 Å². The van der Waals surface area contributed by atoms with E-state index in [2.05, 4.69) is 4.98 Å². The van der Waals surface area contributed by atoms with E-state index in [9.17, 15) is 0 Å². The molecule has 0 atom stereocenters. The third kappa shape index (κ3) is 7.81. The minimum atomic E-state index is -1.76. The van der Waals surface area contributed by atoms with Gasteiger partial charge in [-0.05, 0) is 77.0 Å². The molecule has 33 heavy (non-hydrogen) atoms. The van der Waals surface area contributed by atoms with Crippen LogP contribution in [-0.2, 0) is 13.5 Å². The molecular formula is C28H41Cl2NPRu+. The van der Waals surface area contributed by atoms with Gasteiger partial charge in [0, 0.05) is 7.92 Å². The Bertz CT molecular complexity index is 834. The number of rotatable bonds is 4. The Hall–Kier alpha value is 0.133. The van der Waals surface area contributed by atoms with E-state index in [-0.39, 0.29) is 7.92 Å². The van der Waals surface area contributed by atoms with Gasteiger partial charge in [-0.25, -0.2) is 0 Å². The number of hydrogen-bond acceptors (Lipinski definition) is 1. The second kappa shape index (κ2) is 14.0. The van der Waals surface area contributed by atoms with Gasteiger partial charge < -0.3 is 0 Å². The molecule has 0 spiro atoms. The third-order valence-electron chi connectivity index (χ3n) is 8.08. The van der Waals surface area contributed by atoms with Crippen LogP contribution in [0, 0.1) is 0 Å². The standard InChI is InChI=1S/C18H33P.C10H7N.2ClH.Ru/c1-4-10-16(11-5-1)19(17-12-6-2-7-13-17)18-14-8-3-9-15-18;1-8-4-2-5-9-6-3-7-11-10(8)9;;;/h16-18H,1-15H2;1-7H;2*1H;/q;;;;+2/p-1. The molecule has 0 saturated heterocycles. The Balaban J connectivity index is 0.000000165. The minimum absolute atomic E-state index is 0.0465. The number of benzene rings is 1. The molecule has 0 N–H and O–H groups in total. The van der Waals surface area contributed by atoms with Crippen LogP contribution < -0.4 is 0 Å². The number of para-hydroxylation sites is 1. The molecule has 1 nitrogen and oxygen atoms in total. The summed E-state index contributed by atoms with van der Waals surface area (Å²) in [5, 5.41) is 1.12. The summed E-state index contributed by atoms with van der Waals surface area (Å²) in [5.74, 6) is 0. The number of pyridine rings is 1. The van der Waals surface area contributed by atoms with Crippen LogP contribution in [0.25, 0.3) is 10.9 Å². The zero-order valence-corrected chi connectivity index (χ0v) is 24.2. The molecule has 0 aliphatic heterocycles. The molecule has 1 aromatic carbocycles. The zero-order chi connectivity index (χ0) is 22.9. The van der Waals surface area contributed by atoms with Crippen LogP contribution in [0.15, 0.2) is 36.5 Å². The van der Waals surface area contributed by atoms with E-state index >= 15 is 0 Å². The monoisotopic (exact) mass is 594 g/mol. The molecule has 3 saturated carbocycles. The van der Waals surface area contributed by atoms with Crippen molar-refractivity contribution in [1.29, 1.82) is 0 Å². The molecule has 3 fully saturated rings. The van der Waals surface area contributed by atoms with E-state index in [4.69, 9.17) is 19.4 Å². The Morgan fingerprint density at radius 2 is 1.18 bits per heavy atom. The average molecular weight is 595 g/mol. The van der Waals surface area contributed by atoms with E-state index < -0.39 is 13.5 Å². The van der Waals surface area contributed by atoms with Crippen molar-refractivity contribution in [3.63, 3.8) is 0 Å². The van der Waals surface area contributed by atoms with Gasteiger partial charge in [-0.1, -0.05) is 19.3 Å². The molecule has 0 unspecified atom stereocenters. The summed E-state index contributed by atoms with van der Waals surface area (Å²) in [6.45, 7) is 0. The van der Waals surface area contributed by atoms with Crippen LogP contribution in [0.3, 0.4) is 0 Å². The summed E-state index contributed by atoms with van der Waals surface area (Å²) in [7, 11) is 11.6. The van der Waals surface area contributed by atoms with E-state index in [1.54, 1.807) is 103 Å². The van der Waals surface area contributed by atoms with Crippen molar-refractivity contribution < 1.29 is 13.5 Å². The van der Waals surface area contributed by atoms with Crippen molar-refractivity contribution in [2.24, 2.45) is 0 Å². The Morgan fingerprint density at radius 1 is 0.697 bits per heavy atom. The number of hydrogen-bond donors (Lipinski definition) is 0. The summed E-state index contributed by atoms with van der Waals surface area (Å²) in [4.78, 5) is 4.31. The molecule has 1 aromatic heterocycles. The van der Waals surface area contributed by atoms with Gasteiger partial charge in [-0.3, -0.25) is 0 Å². The Labute approximate surface area is 215 Å². The molecule has 184 valence electrons. The van der Waals surface area contributed by atoms with Gasteiger partial charge >= 0.3 is 95.5 Å². The number of halogens is 2. The van der Waals surface area contributed by atoms with E-state index in [1.807, 2.05) is 34.9 Å². The maximum atomic E-state index is 5.84. The predicted octanol–water partition coefficient (Wildman–Crippen LogP) is 9.51. The van der Waals surface area contributed by atoms with Crippen molar-refractivity contribution in [2.45, 2.75) is 113 Å². The topological polar surface area (TPSA) is 12.9 Å². The molecule has 3 aliphatic carbocycles. The predicted molar refractivity (Wildman–Crippen MR) is 148 cm³/mol. The van der Waals surface area contributed by atoms with Crippen molar-refractivity contribution >= 4 is 42.8 Å². The summed E-state index contributed by atoms with van der Waals surface area (Å²) in [6.07, 6.45) is 25.6. The van der Waals surface area contributed by atoms with Crippen molar-refractivity contribution in [1.82, 2.24) is 4.98 Å². The molecule has 3 aliphatic rings. The molecule has 2 aromatic rings. The molecule has 0 amide bonds. The molecular weight excluding hydrogens is 553 g/mol. The zero-order valence-electron chi connectivity index (χ0n) is 19.9. The maximum absolute atomic E-state index is 5.84. The second-order valence-corrected chi connectivity index (χ2v) is 19.4. The van der Waals surface area contributed by atoms with Crippen molar-refractivity contribution in [2.75, 3.05) is 0 Å². The van der Waals surface area contributed by atoms with Crippen LogP contribution in [-0.4, -0.2) is 26.6 Å². The first-order valence-corrected chi connectivity index (χ1v) is 20.5. The van der Waals surface area contributed by atoms with Crippen LogP contribution in [0.2, 0.25) is 0 Å². The van der Waals surface area contributed by atoms with Crippen LogP contribution in [0.5, 0.6) is 0 Å². The first-order chi connectivity index (χ1) is 16.2. The summed E-state index contributed by atoms with van der Waals surface area (Å²) < 4.78 is 1.92. The normalized spacial score (nSPS) is 21.5. The fourth-order valence-electron chi connectivity index (χ4n) is 6.60. The molecule has 5 rings (SSSR count).